The second kappa shape index (κ2) is 7.23. The highest BCUT2D eigenvalue weighted by molar-refractivity contribution is 6.38. The Morgan fingerprint density at radius 2 is 2.00 bits per heavy atom. The first-order valence-electron chi connectivity index (χ1n) is 8.35. The van der Waals surface area contributed by atoms with Crippen LogP contribution in [0.1, 0.15) is 20.8 Å². The summed E-state index contributed by atoms with van der Waals surface area (Å²) in [6.45, 7) is 10.4. The number of halogens is 1. The lowest BCUT2D eigenvalue weighted by molar-refractivity contribution is -0.124. The molecule has 1 aliphatic rings. The zero-order chi connectivity index (χ0) is 18.0. The smallest absolute Gasteiger partial charge is 0.248 e. The number of aromatic nitrogens is 4. The van der Waals surface area contributed by atoms with Crippen molar-refractivity contribution < 1.29 is 9.53 Å². The van der Waals surface area contributed by atoms with Crippen molar-refractivity contribution in [3.8, 4) is 0 Å². The zero-order valence-electron chi connectivity index (χ0n) is 14.8. The number of ether oxygens (including phenoxy) is 1. The van der Waals surface area contributed by atoms with Gasteiger partial charge < -0.3 is 4.74 Å². The first kappa shape index (κ1) is 18.0. The van der Waals surface area contributed by atoms with Crippen LogP contribution in [0.15, 0.2) is 12.5 Å². The largest absolute Gasteiger partial charge is 0.379 e. The van der Waals surface area contributed by atoms with Gasteiger partial charge in [-0.2, -0.15) is 5.10 Å². The molecule has 1 fully saturated rings. The van der Waals surface area contributed by atoms with Crippen molar-refractivity contribution in [1.29, 1.82) is 0 Å². The summed E-state index contributed by atoms with van der Waals surface area (Å²) >= 11 is 6.26. The van der Waals surface area contributed by atoms with Gasteiger partial charge in [-0.15, -0.1) is 0 Å². The number of hydrogen-bond acceptors (Lipinski definition) is 6. The predicted molar refractivity (Wildman–Crippen MR) is 95.4 cm³/mol. The molecule has 1 saturated heterocycles. The van der Waals surface area contributed by atoms with Crippen molar-refractivity contribution in [1.82, 2.24) is 24.6 Å². The summed E-state index contributed by atoms with van der Waals surface area (Å²) in [6, 6.07) is 0. The fourth-order valence-corrected chi connectivity index (χ4v) is 3.04. The fourth-order valence-electron chi connectivity index (χ4n) is 2.65. The van der Waals surface area contributed by atoms with Gasteiger partial charge in [0.2, 0.25) is 5.91 Å². The maximum atomic E-state index is 12.4. The molecule has 2 aromatic heterocycles. The van der Waals surface area contributed by atoms with E-state index in [4.69, 9.17) is 16.5 Å². The normalized spacial score (nSPS) is 16.3. The molecular weight excluding hydrogens is 344 g/mol. The Bertz CT molecular complexity index is 751. The predicted octanol–water partition coefficient (Wildman–Crippen LogP) is 1.69. The van der Waals surface area contributed by atoms with E-state index in [2.05, 4.69) is 20.0 Å². The molecule has 3 heterocycles. The summed E-state index contributed by atoms with van der Waals surface area (Å²) in [4.78, 5) is 23.3. The van der Waals surface area contributed by atoms with Gasteiger partial charge in [0.25, 0.3) is 0 Å². The summed E-state index contributed by atoms with van der Waals surface area (Å²) in [7, 11) is 0. The molecule has 0 aromatic carbocycles. The van der Waals surface area contributed by atoms with Gasteiger partial charge in [-0.05, 0) is 0 Å². The summed E-state index contributed by atoms with van der Waals surface area (Å²) in [5, 5.41) is 5.07. The number of morpholine rings is 1. The van der Waals surface area contributed by atoms with Crippen LogP contribution in [0.3, 0.4) is 0 Å². The molecule has 0 atom stereocenters. The lowest BCUT2D eigenvalue weighted by Crippen LogP contribution is -2.38. The minimum atomic E-state index is -0.606. The monoisotopic (exact) mass is 366 g/mol. The Kier molecular flexibility index (Phi) is 5.21. The van der Waals surface area contributed by atoms with Crippen molar-refractivity contribution in [2.24, 2.45) is 5.41 Å². The van der Waals surface area contributed by atoms with E-state index in [9.17, 15) is 4.79 Å². The average molecular weight is 367 g/mol. The highest BCUT2D eigenvalue weighted by Crippen LogP contribution is 2.28. The summed E-state index contributed by atoms with van der Waals surface area (Å²) in [6.07, 6.45) is 3.07. The molecule has 0 bridgehead atoms. The topological polar surface area (TPSA) is 76.4 Å². The number of carbonyl (C=O) groups is 1. The van der Waals surface area contributed by atoms with E-state index in [0.717, 1.165) is 37.3 Å². The number of nitrogens with zero attached hydrogens (tertiary/aromatic N) is 6. The maximum Gasteiger partial charge on any atom is 0.248 e. The Morgan fingerprint density at radius 3 is 2.68 bits per heavy atom. The molecule has 25 heavy (non-hydrogen) atoms. The number of amides is 1. The lowest BCUT2D eigenvalue weighted by atomic mass is 9.96. The third kappa shape index (κ3) is 3.91. The minimum Gasteiger partial charge on any atom is -0.379 e. The number of anilines is 1. The molecule has 0 saturated carbocycles. The van der Waals surface area contributed by atoms with Crippen LogP contribution >= 0.6 is 11.8 Å². The third-order valence-electron chi connectivity index (χ3n) is 4.15. The number of rotatable bonds is 4. The summed E-state index contributed by atoms with van der Waals surface area (Å²) in [5.74, 6) is 0.138. The van der Waals surface area contributed by atoms with Crippen LogP contribution in [0.4, 0.5) is 5.82 Å². The lowest BCUT2D eigenvalue weighted by Gasteiger charge is -2.26. The molecule has 136 valence electrons. The Hall–Kier alpha value is -1.77. The van der Waals surface area contributed by atoms with Crippen LogP contribution in [-0.4, -0.2) is 63.4 Å². The molecule has 2 aromatic rings. The van der Waals surface area contributed by atoms with Gasteiger partial charge in [-0.3, -0.25) is 9.69 Å². The molecule has 0 aliphatic carbocycles. The minimum absolute atomic E-state index is 0.227. The Balaban J connectivity index is 1.81. The van der Waals surface area contributed by atoms with E-state index in [-0.39, 0.29) is 5.91 Å². The van der Waals surface area contributed by atoms with Gasteiger partial charge in [-0.1, -0.05) is 20.8 Å². The van der Waals surface area contributed by atoms with Gasteiger partial charge in [-0.25, -0.2) is 19.1 Å². The van der Waals surface area contributed by atoms with Crippen LogP contribution < -0.4 is 4.42 Å². The van der Waals surface area contributed by atoms with E-state index in [1.54, 1.807) is 6.20 Å². The van der Waals surface area contributed by atoms with Gasteiger partial charge in [0.1, 0.15) is 6.33 Å². The van der Waals surface area contributed by atoms with Crippen LogP contribution in [0.5, 0.6) is 0 Å². The second-order valence-electron chi connectivity index (χ2n) is 7.09. The van der Waals surface area contributed by atoms with Crippen LogP contribution in [-0.2, 0) is 16.1 Å². The molecule has 0 radical (unpaired) electrons. The van der Waals surface area contributed by atoms with E-state index < -0.39 is 5.41 Å². The first-order valence-corrected chi connectivity index (χ1v) is 8.68. The van der Waals surface area contributed by atoms with Crippen LogP contribution in [0.2, 0.25) is 0 Å². The van der Waals surface area contributed by atoms with E-state index in [0.29, 0.717) is 23.4 Å². The molecule has 0 N–H and O–H groups in total. The van der Waals surface area contributed by atoms with Crippen molar-refractivity contribution in [3.63, 3.8) is 0 Å². The molecule has 1 aliphatic heterocycles. The number of hydrogen-bond donors (Lipinski definition) is 0. The third-order valence-corrected chi connectivity index (χ3v) is 4.46. The molecule has 1 amide bonds. The Labute approximate surface area is 151 Å². The van der Waals surface area contributed by atoms with Gasteiger partial charge in [0, 0.05) is 36.8 Å². The quantitative estimate of drug-likeness (QED) is 0.766. The Morgan fingerprint density at radius 1 is 1.28 bits per heavy atom. The second-order valence-corrected chi connectivity index (χ2v) is 7.43. The standard InChI is InChI=1S/C16H23ClN6O2/c1-16(2,3)15(24)23(17)14-12-10-20-22(13(12)18-11-19-14)5-4-21-6-8-25-9-7-21/h10-11H,4-9H2,1-3H3. The van der Waals surface area contributed by atoms with Crippen LogP contribution in [0, 0.1) is 5.41 Å². The van der Waals surface area contributed by atoms with Gasteiger partial charge in [0.15, 0.2) is 11.5 Å². The molecular formula is C16H23ClN6O2. The van der Waals surface area contributed by atoms with Gasteiger partial charge >= 0.3 is 0 Å². The van der Waals surface area contributed by atoms with Crippen LogP contribution in [0.25, 0.3) is 11.0 Å². The van der Waals surface area contributed by atoms with Crippen molar-refractivity contribution in [2.75, 3.05) is 37.3 Å². The van der Waals surface area contributed by atoms with E-state index >= 15 is 0 Å². The number of fused-ring (bicyclic) bond motifs is 1. The van der Waals surface area contributed by atoms with E-state index in [1.807, 2.05) is 25.5 Å². The molecule has 0 spiro atoms. The highest BCUT2D eigenvalue weighted by atomic mass is 35.5. The van der Waals surface area contributed by atoms with Gasteiger partial charge in [0.05, 0.1) is 31.3 Å². The van der Waals surface area contributed by atoms with E-state index in [1.165, 1.54) is 6.33 Å². The molecule has 9 heteroatoms. The SMILES string of the molecule is CC(C)(C)C(=O)N(Cl)c1ncnc2c1cnn2CCN1CCOCC1. The number of carbonyl (C=O) groups excluding carboxylic acids is 1. The molecule has 0 unspecified atom stereocenters. The molecule has 3 rings (SSSR count). The summed E-state index contributed by atoms with van der Waals surface area (Å²) < 4.78 is 8.25. The maximum absolute atomic E-state index is 12.4. The summed E-state index contributed by atoms with van der Waals surface area (Å²) in [5.41, 5.74) is 0.0661. The van der Waals surface area contributed by atoms with Crippen molar-refractivity contribution in [3.05, 3.63) is 12.5 Å². The zero-order valence-corrected chi connectivity index (χ0v) is 15.5. The highest BCUT2D eigenvalue weighted by Gasteiger charge is 2.30. The van der Waals surface area contributed by atoms with Crippen molar-refractivity contribution >= 4 is 34.5 Å². The molecule has 8 nitrogen and oxygen atoms in total. The van der Waals surface area contributed by atoms with Crippen molar-refractivity contribution in [2.45, 2.75) is 27.3 Å². The first-order chi connectivity index (χ1) is 11.9. The fraction of sp³-hybridized carbons (Fsp3) is 0.625. The average Bonchev–Trinajstić information content (AvgIpc) is 3.02.